The number of carboxylic acid groups (broad SMARTS) is 1. The van der Waals surface area contributed by atoms with Crippen molar-refractivity contribution in [2.24, 2.45) is 0 Å². The average molecular weight is 441 g/mol. The number of thiophene rings is 1. The smallest absolute Gasteiger partial charge is 0.345 e. The molecule has 0 aliphatic carbocycles. The molecule has 0 aliphatic heterocycles. The number of hydrogen-bond donors (Lipinski definition) is 2. The molecule has 1 aromatic heterocycles. The normalized spacial score (nSPS) is 11.3. The second-order valence-corrected chi connectivity index (χ2v) is 8.42. The van der Waals surface area contributed by atoms with Crippen LogP contribution in [0, 0.1) is 0 Å². The highest BCUT2D eigenvalue weighted by Crippen LogP contribution is 2.30. The van der Waals surface area contributed by atoms with Crippen LogP contribution >= 0.6 is 43.2 Å². The molecule has 0 radical (unpaired) electrons. The molecule has 5 nitrogen and oxygen atoms in total. The Kier molecular flexibility index (Phi) is 4.52. The van der Waals surface area contributed by atoms with E-state index in [9.17, 15) is 13.2 Å². The van der Waals surface area contributed by atoms with Gasteiger partial charge < -0.3 is 5.11 Å². The first-order chi connectivity index (χ1) is 9.29. The van der Waals surface area contributed by atoms with Crippen molar-refractivity contribution in [2.75, 3.05) is 4.72 Å². The van der Waals surface area contributed by atoms with E-state index in [0.29, 0.717) is 21.5 Å². The van der Waals surface area contributed by atoms with Gasteiger partial charge in [-0.3, -0.25) is 4.72 Å². The van der Waals surface area contributed by atoms with Gasteiger partial charge in [0.05, 0.1) is 5.69 Å². The van der Waals surface area contributed by atoms with Crippen molar-refractivity contribution in [3.63, 3.8) is 0 Å². The van der Waals surface area contributed by atoms with Crippen molar-refractivity contribution in [1.82, 2.24) is 0 Å². The molecule has 0 saturated carbocycles. The molecule has 1 aromatic carbocycles. The van der Waals surface area contributed by atoms with Crippen LogP contribution in [0.1, 0.15) is 9.67 Å². The maximum Gasteiger partial charge on any atom is 0.345 e. The van der Waals surface area contributed by atoms with Crippen molar-refractivity contribution in [3.8, 4) is 0 Å². The molecule has 0 fully saturated rings. The third kappa shape index (κ3) is 3.40. The first kappa shape index (κ1) is 15.5. The van der Waals surface area contributed by atoms with Crippen LogP contribution in [0.25, 0.3) is 0 Å². The summed E-state index contributed by atoms with van der Waals surface area (Å²) in [6.07, 6.45) is 0. The number of anilines is 1. The number of carboxylic acids is 1. The van der Waals surface area contributed by atoms with Crippen LogP contribution in [0.3, 0.4) is 0 Å². The molecular formula is C11H7Br2NO4S2. The van der Waals surface area contributed by atoms with Crippen molar-refractivity contribution < 1.29 is 18.3 Å². The molecule has 0 atom stereocenters. The summed E-state index contributed by atoms with van der Waals surface area (Å²) >= 11 is 7.20. The first-order valence-electron chi connectivity index (χ1n) is 5.10. The molecule has 0 saturated heterocycles. The summed E-state index contributed by atoms with van der Waals surface area (Å²) in [7, 11) is -3.81. The third-order valence-electron chi connectivity index (χ3n) is 2.23. The van der Waals surface area contributed by atoms with Crippen molar-refractivity contribution >= 4 is 64.9 Å². The Bertz CT molecular complexity index is 770. The summed E-state index contributed by atoms with van der Waals surface area (Å²) in [6, 6.07) is 7.59. The molecule has 2 aromatic rings. The maximum atomic E-state index is 12.2. The van der Waals surface area contributed by atoms with Gasteiger partial charge in [-0.05, 0) is 46.3 Å². The standard InChI is InChI=1S/C11H7Br2NO4S2/c12-6-1-2-7(13)8(5-6)14-20(17,18)10-4-3-9(19-10)11(15)16/h1-5,14H,(H,15,16). The Labute approximate surface area is 135 Å². The highest BCUT2D eigenvalue weighted by Gasteiger charge is 2.20. The maximum absolute atomic E-state index is 12.2. The molecule has 2 rings (SSSR count). The lowest BCUT2D eigenvalue weighted by atomic mass is 10.3. The second-order valence-electron chi connectivity index (χ2n) is 3.65. The van der Waals surface area contributed by atoms with Gasteiger partial charge in [-0.25, -0.2) is 13.2 Å². The minimum Gasteiger partial charge on any atom is -0.477 e. The highest BCUT2D eigenvalue weighted by molar-refractivity contribution is 9.11. The Balaban J connectivity index is 2.35. The second kappa shape index (κ2) is 5.84. The van der Waals surface area contributed by atoms with Crippen LogP contribution in [0.5, 0.6) is 0 Å². The summed E-state index contributed by atoms with van der Waals surface area (Å²) < 4.78 is 28.0. The molecule has 0 unspecified atom stereocenters. The summed E-state index contributed by atoms with van der Waals surface area (Å²) in [6.45, 7) is 0. The minimum absolute atomic E-state index is 0.0290. The van der Waals surface area contributed by atoms with Gasteiger partial charge in [0.2, 0.25) is 0 Å². The molecule has 20 heavy (non-hydrogen) atoms. The largest absolute Gasteiger partial charge is 0.477 e. The summed E-state index contributed by atoms with van der Waals surface area (Å²) in [5, 5.41) is 8.82. The van der Waals surface area contributed by atoms with E-state index in [-0.39, 0.29) is 9.09 Å². The van der Waals surface area contributed by atoms with Gasteiger partial charge in [0.25, 0.3) is 10.0 Å². The zero-order chi connectivity index (χ0) is 14.9. The van der Waals surface area contributed by atoms with E-state index in [1.54, 1.807) is 18.2 Å². The molecule has 0 spiro atoms. The Morgan fingerprint density at radius 3 is 2.50 bits per heavy atom. The quantitative estimate of drug-likeness (QED) is 0.757. The van der Waals surface area contributed by atoms with Crippen molar-refractivity contribution in [1.29, 1.82) is 0 Å². The van der Waals surface area contributed by atoms with Gasteiger partial charge in [0.15, 0.2) is 0 Å². The first-order valence-corrected chi connectivity index (χ1v) is 8.99. The monoisotopic (exact) mass is 439 g/mol. The Morgan fingerprint density at radius 2 is 1.90 bits per heavy atom. The van der Waals surface area contributed by atoms with Gasteiger partial charge in [0.1, 0.15) is 9.09 Å². The van der Waals surface area contributed by atoms with Gasteiger partial charge in [0, 0.05) is 8.95 Å². The minimum atomic E-state index is -3.81. The SMILES string of the molecule is O=C(O)c1ccc(S(=O)(=O)Nc2cc(Br)ccc2Br)s1. The van der Waals surface area contributed by atoms with Gasteiger partial charge in [-0.1, -0.05) is 15.9 Å². The van der Waals surface area contributed by atoms with E-state index < -0.39 is 16.0 Å². The predicted molar refractivity (Wildman–Crippen MR) is 83.9 cm³/mol. The lowest BCUT2D eigenvalue weighted by Crippen LogP contribution is -2.11. The fraction of sp³-hybridized carbons (Fsp3) is 0. The summed E-state index contributed by atoms with van der Waals surface area (Å²) in [4.78, 5) is 10.8. The molecule has 2 N–H and O–H groups in total. The number of benzene rings is 1. The number of halogens is 2. The van der Waals surface area contributed by atoms with Crippen LogP contribution in [-0.4, -0.2) is 19.5 Å². The Hall–Kier alpha value is -0.900. The summed E-state index contributed by atoms with van der Waals surface area (Å²) in [5.41, 5.74) is 0.365. The molecule has 0 bridgehead atoms. The van der Waals surface area contributed by atoms with Crippen molar-refractivity contribution in [2.45, 2.75) is 4.21 Å². The van der Waals surface area contributed by atoms with E-state index in [1.165, 1.54) is 12.1 Å². The van der Waals surface area contributed by atoms with Crippen molar-refractivity contribution in [3.05, 3.63) is 44.2 Å². The van der Waals surface area contributed by atoms with Gasteiger partial charge in [-0.2, -0.15) is 0 Å². The number of sulfonamides is 1. The number of aromatic carboxylic acids is 1. The van der Waals surface area contributed by atoms with E-state index in [1.807, 2.05) is 0 Å². The Morgan fingerprint density at radius 1 is 1.20 bits per heavy atom. The molecule has 0 aliphatic rings. The zero-order valence-corrected chi connectivity index (χ0v) is 14.4. The van der Waals surface area contributed by atoms with E-state index in [4.69, 9.17) is 5.11 Å². The van der Waals surface area contributed by atoms with Gasteiger partial charge >= 0.3 is 5.97 Å². The third-order valence-corrected chi connectivity index (χ3v) is 6.35. The topological polar surface area (TPSA) is 83.5 Å². The summed E-state index contributed by atoms with van der Waals surface area (Å²) in [5.74, 6) is -1.15. The average Bonchev–Trinajstić information content (AvgIpc) is 2.84. The zero-order valence-electron chi connectivity index (χ0n) is 9.63. The molecular weight excluding hydrogens is 434 g/mol. The molecule has 9 heteroatoms. The predicted octanol–water partition coefficient (Wildman–Crippen LogP) is 3.77. The lowest BCUT2D eigenvalue weighted by Gasteiger charge is -2.08. The fourth-order valence-electron chi connectivity index (χ4n) is 1.35. The number of hydrogen-bond acceptors (Lipinski definition) is 4. The van der Waals surface area contributed by atoms with Crippen LogP contribution < -0.4 is 4.72 Å². The van der Waals surface area contributed by atoms with Crippen LogP contribution in [-0.2, 0) is 10.0 Å². The molecule has 106 valence electrons. The van der Waals surface area contributed by atoms with E-state index in [2.05, 4.69) is 36.6 Å². The number of nitrogens with one attached hydrogen (secondary N) is 1. The van der Waals surface area contributed by atoms with Crippen LogP contribution in [0.15, 0.2) is 43.5 Å². The van der Waals surface area contributed by atoms with E-state index >= 15 is 0 Å². The molecule has 1 heterocycles. The van der Waals surface area contributed by atoms with Crippen LogP contribution in [0.2, 0.25) is 0 Å². The van der Waals surface area contributed by atoms with Crippen LogP contribution in [0.4, 0.5) is 5.69 Å². The van der Waals surface area contributed by atoms with E-state index in [0.717, 1.165) is 4.47 Å². The molecule has 0 amide bonds. The van der Waals surface area contributed by atoms with Gasteiger partial charge in [-0.15, -0.1) is 11.3 Å². The number of carbonyl (C=O) groups is 1. The lowest BCUT2D eigenvalue weighted by molar-refractivity contribution is 0.0702. The highest BCUT2D eigenvalue weighted by atomic mass is 79.9. The fourth-order valence-corrected chi connectivity index (χ4v) is 4.40. The number of rotatable bonds is 4.